The third kappa shape index (κ3) is 4.67. The first kappa shape index (κ1) is 22.0. The molecule has 10 nitrogen and oxygen atoms in total. The third-order valence-electron chi connectivity index (χ3n) is 5.26. The Morgan fingerprint density at radius 3 is 2.47 bits per heavy atom. The van der Waals surface area contributed by atoms with E-state index in [2.05, 4.69) is 30.4 Å². The number of rotatable bonds is 7. The van der Waals surface area contributed by atoms with Crippen molar-refractivity contribution in [3.05, 3.63) is 42.7 Å². The van der Waals surface area contributed by atoms with E-state index in [-0.39, 0.29) is 17.1 Å². The molecule has 1 amide bonds. The lowest BCUT2D eigenvalue weighted by atomic mass is 10.1. The number of benzene rings is 1. The number of hydrogen-bond acceptors (Lipinski definition) is 9. The van der Waals surface area contributed by atoms with Crippen molar-refractivity contribution < 1.29 is 9.53 Å². The Bertz CT molecular complexity index is 1040. The van der Waals surface area contributed by atoms with Gasteiger partial charge in [0.15, 0.2) is 0 Å². The molecule has 0 bridgehead atoms. The molecule has 1 fully saturated rings. The smallest absolute Gasteiger partial charge is 0.236 e. The fourth-order valence-electron chi connectivity index (χ4n) is 3.55. The summed E-state index contributed by atoms with van der Waals surface area (Å²) in [6.45, 7) is 6.73. The molecule has 0 unspecified atom stereocenters. The second-order valence-corrected chi connectivity index (χ2v) is 8.80. The molecule has 0 aliphatic carbocycles. The number of thioether (sulfide) groups is 1. The Morgan fingerprint density at radius 1 is 1.06 bits per heavy atom. The maximum atomic E-state index is 13.4. The van der Waals surface area contributed by atoms with E-state index < -0.39 is 0 Å². The number of ether oxygens (including phenoxy) is 1. The number of piperazine rings is 1. The number of aromatic nitrogens is 6. The van der Waals surface area contributed by atoms with Gasteiger partial charge in [0.2, 0.25) is 17.0 Å². The molecule has 0 spiro atoms. The van der Waals surface area contributed by atoms with E-state index in [1.165, 1.54) is 11.8 Å². The number of anilines is 1. The fourth-order valence-corrected chi connectivity index (χ4v) is 4.62. The van der Waals surface area contributed by atoms with Crippen LogP contribution in [0.3, 0.4) is 0 Å². The SMILES string of the molecule is COc1ccccc1-n1nnnc1S[C@@H](C(=O)N1CCN(c2ncccn2)CC1)C(C)C. The van der Waals surface area contributed by atoms with Gasteiger partial charge in [-0.1, -0.05) is 37.7 Å². The lowest BCUT2D eigenvalue weighted by Crippen LogP contribution is -2.52. The third-order valence-corrected chi connectivity index (χ3v) is 6.73. The van der Waals surface area contributed by atoms with Crippen LogP contribution in [0.4, 0.5) is 5.95 Å². The highest BCUT2D eigenvalue weighted by molar-refractivity contribution is 8.00. The Labute approximate surface area is 191 Å². The van der Waals surface area contributed by atoms with Crippen molar-refractivity contribution in [1.82, 2.24) is 35.1 Å². The zero-order valence-corrected chi connectivity index (χ0v) is 19.1. The van der Waals surface area contributed by atoms with Crippen LogP contribution in [-0.2, 0) is 4.79 Å². The number of methoxy groups -OCH3 is 1. The fraction of sp³-hybridized carbons (Fsp3) is 0.429. The summed E-state index contributed by atoms with van der Waals surface area (Å²) in [6, 6.07) is 9.32. The topological polar surface area (TPSA) is 102 Å². The number of carbonyl (C=O) groups excluding carboxylic acids is 1. The van der Waals surface area contributed by atoms with Gasteiger partial charge in [-0.15, -0.1) is 5.10 Å². The van der Waals surface area contributed by atoms with Gasteiger partial charge in [-0.05, 0) is 34.5 Å². The van der Waals surface area contributed by atoms with Gasteiger partial charge in [0.1, 0.15) is 11.4 Å². The van der Waals surface area contributed by atoms with E-state index in [0.717, 1.165) is 5.69 Å². The maximum Gasteiger partial charge on any atom is 0.236 e. The molecule has 0 N–H and O–H groups in total. The highest BCUT2D eigenvalue weighted by Gasteiger charge is 2.32. The minimum atomic E-state index is -0.311. The lowest BCUT2D eigenvalue weighted by molar-refractivity contribution is -0.131. The molecule has 32 heavy (non-hydrogen) atoms. The summed E-state index contributed by atoms with van der Waals surface area (Å²) >= 11 is 1.38. The van der Waals surface area contributed by atoms with Crippen molar-refractivity contribution in [2.24, 2.45) is 5.92 Å². The highest BCUT2D eigenvalue weighted by atomic mass is 32.2. The molecular weight excluding hydrogens is 428 g/mol. The van der Waals surface area contributed by atoms with Crippen LogP contribution >= 0.6 is 11.8 Å². The lowest BCUT2D eigenvalue weighted by Gasteiger charge is -2.36. The first-order chi connectivity index (χ1) is 15.6. The van der Waals surface area contributed by atoms with Crippen LogP contribution in [0.2, 0.25) is 0 Å². The molecule has 3 heterocycles. The second kappa shape index (κ2) is 9.94. The number of para-hydroxylation sites is 2. The van der Waals surface area contributed by atoms with Crippen molar-refractivity contribution in [1.29, 1.82) is 0 Å². The van der Waals surface area contributed by atoms with Gasteiger partial charge in [0.25, 0.3) is 0 Å². The first-order valence-electron chi connectivity index (χ1n) is 10.5. The van der Waals surface area contributed by atoms with Crippen molar-refractivity contribution in [2.45, 2.75) is 24.3 Å². The minimum absolute atomic E-state index is 0.0909. The summed E-state index contributed by atoms with van der Waals surface area (Å²) < 4.78 is 7.07. The monoisotopic (exact) mass is 454 g/mol. The van der Waals surface area contributed by atoms with E-state index in [9.17, 15) is 4.79 Å². The van der Waals surface area contributed by atoms with Crippen molar-refractivity contribution in [2.75, 3.05) is 38.2 Å². The summed E-state index contributed by atoms with van der Waals surface area (Å²) in [5.74, 6) is 1.55. The van der Waals surface area contributed by atoms with E-state index >= 15 is 0 Å². The standard InChI is InChI=1S/C21H26N8O2S/c1-15(2)18(19(30)27-11-13-28(14-12-27)20-22-9-6-10-23-20)32-21-24-25-26-29(21)16-7-4-5-8-17(16)31-3/h4-10,15,18H,11-14H2,1-3H3/t18-/m1/s1. The van der Waals surface area contributed by atoms with E-state index in [1.54, 1.807) is 30.3 Å². The molecule has 1 saturated heterocycles. The Morgan fingerprint density at radius 2 is 1.78 bits per heavy atom. The van der Waals surface area contributed by atoms with Gasteiger partial charge in [0, 0.05) is 38.6 Å². The predicted molar refractivity (Wildman–Crippen MR) is 121 cm³/mol. The molecule has 168 valence electrons. The van der Waals surface area contributed by atoms with E-state index in [0.29, 0.717) is 43.0 Å². The van der Waals surface area contributed by atoms with Crippen LogP contribution in [0.15, 0.2) is 47.9 Å². The van der Waals surface area contributed by atoms with E-state index in [1.807, 2.05) is 43.0 Å². The molecule has 1 atom stereocenters. The number of carbonyl (C=O) groups is 1. The number of amides is 1. The number of tetrazole rings is 1. The van der Waals surface area contributed by atoms with Gasteiger partial charge in [-0.3, -0.25) is 4.79 Å². The molecule has 11 heteroatoms. The maximum absolute atomic E-state index is 13.4. The Hall–Kier alpha value is -3.21. The second-order valence-electron chi connectivity index (χ2n) is 7.69. The summed E-state index contributed by atoms with van der Waals surface area (Å²) in [5, 5.41) is 12.4. The molecule has 1 aliphatic rings. The molecule has 4 rings (SSSR count). The summed E-state index contributed by atoms with van der Waals surface area (Å²) in [6.07, 6.45) is 3.47. The van der Waals surface area contributed by atoms with Gasteiger partial charge < -0.3 is 14.5 Å². The van der Waals surface area contributed by atoms with Crippen LogP contribution in [0.1, 0.15) is 13.8 Å². The molecular formula is C21H26N8O2S. The average molecular weight is 455 g/mol. The summed E-state index contributed by atoms with van der Waals surface area (Å²) in [5.41, 5.74) is 0.730. The van der Waals surface area contributed by atoms with Crippen LogP contribution in [0.5, 0.6) is 5.75 Å². The molecule has 1 aliphatic heterocycles. The van der Waals surface area contributed by atoms with Crippen molar-refractivity contribution in [3.63, 3.8) is 0 Å². The molecule has 0 radical (unpaired) electrons. The Balaban J connectivity index is 1.47. The van der Waals surface area contributed by atoms with Crippen LogP contribution in [0, 0.1) is 5.92 Å². The van der Waals surface area contributed by atoms with Gasteiger partial charge in [-0.25, -0.2) is 9.97 Å². The van der Waals surface area contributed by atoms with Crippen molar-refractivity contribution in [3.8, 4) is 11.4 Å². The van der Waals surface area contributed by atoms with Crippen LogP contribution < -0.4 is 9.64 Å². The summed E-state index contributed by atoms with van der Waals surface area (Å²) in [4.78, 5) is 26.1. The van der Waals surface area contributed by atoms with Gasteiger partial charge in [-0.2, -0.15) is 4.68 Å². The average Bonchev–Trinajstić information content (AvgIpc) is 3.30. The van der Waals surface area contributed by atoms with Crippen LogP contribution in [-0.4, -0.2) is 79.5 Å². The predicted octanol–water partition coefficient (Wildman–Crippen LogP) is 1.93. The zero-order valence-electron chi connectivity index (χ0n) is 18.3. The normalized spacial score (nSPS) is 15.1. The quantitative estimate of drug-likeness (QED) is 0.495. The Kier molecular flexibility index (Phi) is 6.84. The number of nitrogens with zero attached hydrogens (tertiary/aromatic N) is 8. The van der Waals surface area contributed by atoms with E-state index in [4.69, 9.17) is 4.74 Å². The first-order valence-corrected chi connectivity index (χ1v) is 11.4. The molecule has 2 aromatic heterocycles. The van der Waals surface area contributed by atoms with Crippen molar-refractivity contribution >= 4 is 23.6 Å². The van der Waals surface area contributed by atoms with Gasteiger partial charge in [0.05, 0.1) is 12.4 Å². The summed E-state index contributed by atoms with van der Waals surface area (Å²) in [7, 11) is 1.61. The van der Waals surface area contributed by atoms with Crippen LogP contribution in [0.25, 0.3) is 5.69 Å². The molecule has 3 aromatic rings. The van der Waals surface area contributed by atoms with Gasteiger partial charge >= 0.3 is 0 Å². The zero-order chi connectivity index (χ0) is 22.5. The molecule has 1 aromatic carbocycles. The highest BCUT2D eigenvalue weighted by Crippen LogP contribution is 2.31. The number of hydrogen-bond donors (Lipinski definition) is 0. The minimum Gasteiger partial charge on any atom is -0.494 e. The largest absolute Gasteiger partial charge is 0.494 e. The molecule has 0 saturated carbocycles.